The number of hydrogen-bond donors (Lipinski definition) is 1. The molecular weight excluding hydrogens is 132 g/mol. The first-order chi connectivity index (χ1) is 4.70. The van der Waals surface area contributed by atoms with E-state index < -0.39 is 6.10 Å². The Bertz CT molecular complexity index is 219. The molecule has 3 nitrogen and oxygen atoms in total. The molecule has 2 rings (SSSR count). The minimum absolute atomic E-state index is 0.0234. The molecule has 0 radical (unpaired) electrons. The fourth-order valence-electron chi connectivity index (χ4n) is 1.25. The Morgan fingerprint density at radius 2 is 2.40 bits per heavy atom. The van der Waals surface area contributed by atoms with E-state index in [1.165, 1.54) is 0 Å². The van der Waals surface area contributed by atoms with Crippen molar-refractivity contribution in [1.29, 1.82) is 0 Å². The number of Topliss-reactive ketones (excluding diaryl/α,β-unsaturated/α-hetero) is 1. The molecule has 0 aromatic carbocycles. The van der Waals surface area contributed by atoms with Crippen molar-refractivity contribution in [2.24, 2.45) is 0 Å². The quantitative estimate of drug-likeness (QED) is 0.467. The van der Waals surface area contributed by atoms with E-state index in [-0.39, 0.29) is 18.0 Å². The normalized spacial score (nSPS) is 44.4. The number of carbonyl (C=O) groups is 1. The monoisotopic (exact) mass is 140 g/mol. The number of hydrogen-bond acceptors (Lipinski definition) is 3. The van der Waals surface area contributed by atoms with Gasteiger partial charge in [0.15, 0.2) is 5.78 Å². The van der Waals surface area contributed by atoms with Crippen LogP contribution in [0.4, 0.5) is 0 Å². The molecule has 0 aromatic heterocycles. The lowest BCUT2D eigenvalue weighted by atomic mass is 9.98. The maximum Gasteiger partial charge on any atom is 0.189 e. The van der Waals surface area contributed by atoms with Crippen molar-refractivity contribution < 1.29 is 14.6 Å². The van der Waals surface area contributed by atoms with Gasteiger partial charge in [-0.1, -0.05) is 0 Å². The molecule has 1 saturated heterocycles. The lowest BCUT2D eigenvalue weighted by Crippen LogP contribution is -2.25. The summed E-state index contributed by atoms with van der Waals surface area (Å²) in [5, 5.41) is 9.15. The average Bonchev–Trinajstić information content (AvgIpc) is 2.61. The van der Waals surface area contributed by atoms with Crippen LogP contribution in [0.1, 0.15) is 6.92 Å². The Morgan fingerprint density at radius 3 is 3.10 bits per heavy atom. The van der Waals surface area contributed by atoms with Crippen molar-refractivity contribution >= 4 is 5.78 Å². The molecule has 0 aromatic rings. The van der Waals surface area contributed by atoms with Gasteiger partial charge in [0.05, 0.1) is 0 Å². The van der Waals surface area contributed by atoms with E-state index in [1.807, 2.05) is 0 Å². The molecule has 10 heavy (non-hydrogen) atoms. The van der Waals surface area contributed by atoms with Gasteiger partial charge in [0.1, 0.15) is 18.3 Å². The first-order valence-electron chi connectivity index (χ1n) is 3.26. The van der Waals surface area contributed by atoms with E-state index in [2.05, 4.69) is 0 Å². The summed E-state index contributed by atoms with van der Waals surface area (Å²) in [6.07, 6.45) is 0.412. The summed E-state index contributed by atoms with van der Waals surface area (Å²) in [6.45, 7) is 1.70. The van der Waals surface area contributed by atoms with Gasteiger partial charge in [0, 0.05) is 0 Å². The average molecular weight is 140 g/mol. The van der Waals surface area contributed by atoms with E-state index in [4.69, 9.17) is 9.84 Å². The summed E-state index contributed by atoms with van der Waals surface area (Å²) in [4.78, 5) is 11.0. The van der Waals surface area contributed by atoms with Crippen molar-refractivity contribution in [2.45, 2.75) is 25.2 Å². The molecule has 3 heteroatoms. The molecular formula is C7H8O3. The van der Waals surface area contributed by atoms with Crippen molar-refractivity contribution in [1.82, 2.24) is 0 Å². The highest BCUT2D eigenvalue weighted by Gasteiger charge is 2.51. The Kier molecular flexibility index (Phi) is 1.02. The van der Waals surface area contributed by atoms with Crippen LogP contribution >= 0.6 is 0 Å². The maximum absolute atomic E-state index is 11.0. The molecule has 1 aliphatic heterocycles. The molecule has 0 bridgehead atoms. The lowest BCUT2D eigenvalue weighted by molar-refractivity contribution is -0.116. The minimum atomic E-state index is -0.567. The zero-order valence-corrected chi connectivity index (χ0v) is 5.57. The number of fused-ring (bicyclic) bond motifs is 1. The summed E-state index contributed by atoms with van der Waals surface area (Å²) in [5.41, 5.74) is 0.617. The fraction of sp³-hybridized carbons (Fsp3) is 0.571. The number of aliphatic hydroxyl groups is 1. The van der Waals surface area contributed by atoms with Crippen molar-refractivity contribution in [3.63, 3.8) is 0 Å². The van der Waals surface area contributed by atoms with Crippen LogP contribution in [0, 0.1) is 0 Å². The fourth-order valence-corrected chi connectivity index (χ4v) is 1.25. The standard InChI is InChI=1S/C7H8O3/c1-3-2-4(8)6-7(10-6)5(3)9/h2,4,6-8H,1H3/t4?,6?,7-/m0/s1. The third-order valence-electron chi connectivity index (χ3n) is 1.93. The molecule has 1 N–H and O–H groups in total. The zero-order valence-electron chi connectivity index (χ0n) is 5.57. The summed E-state index contributed by atoms with van der Waals surface area (Å²) >= 11 is 0. The second-order valence-electron chi connectivity index (χ2n) is 2.73. The third-order valence-corrected chi connectivity index (χ3v) is 1.93. The van der Waals surface area contributed by atoms with Crippen LogP contribution < -0.4 is 0 Å². The molecule has 3 atom stereocenters. The first-order valence-corrected chi connectivity index (χ1v) is 3.26. The van der Waals surface area contributed by atoms with Crippen molar-refractivity contribution in [3.05, 3.63) is 11.6 Å². The molecule has 1 fully saturated rings. The van der Waals surface area contributed by atoms with Gasteiger partial charge in [-0.15, -0.1) is 0 Å². The van der Waals surface area contributed by atoms with Crippen LogP contribution in [0.15, 0.2) is 11.6 Å². The van der Waals surface area contributed by atoms with Gasteiger partial charge in [-0.25, -0.2) is 0 Å². The van der Waals surface area contributed by atoms with Gasteiger partial charge >= 0.3 is 0 Å². The highest BCUT2D eigenvalue weighted by Crippen LogP contribution is 2.33. The van der Waals surface area contributed by atoms with Crippen LogP contribution in [0.5, 0.6) is 0 Å². The van der Waals surface area contributed by atoms with Crippen LogP contribution in [0.3, 0.4) is 0 Å². The number of epoxide rings is 1. The third kappa shape index (κ3) is 0.646. The van der Waals surface area contributed by atoms with Crippen LogP contribution in [-0.4, -0.2) is 29.2 Å². The second-order valence-corrected chi connectivity index (χ2v) is 2.73. The number of carbonyl (C=O) groups excluding carboxylic acids is 1. The predicted octanol–water partition coefficient (Wildman–Crippen LogP) is -0.356. The molecule has 0 spiro atoms. The SMILES string of the molecule is CC1=CC(O)C2O[C@H]2C1=O. The molecule has 2 unspecified atom stereocenters. The minimum Gasteiger partial charge on any atom is -0.386 e. The highest BCUT2D eigenvalue weighted by molar-refractivity contribution is 6.01. The Balaban J connectivity index is 2.30. The van der Waals surface area contributed by atoms with E-state index in [1.54, 1.807) is 13.0 Å². The van der Waals surface area contributed by atoms with Gasteiger partial charge in [0.2, 0.25) is 0 Å². The molecule has 54 valence electrons. The predicted molar refractivity (Wildman–Crippen MR) is 33.4 cm³/mol. The van der Waals surface area contributed by atoms with Gasteiger partial charge in [-0.3, -0.25) is 4.79 Å². The molecule has 2 aliphatic rings. The molecule has 0 saturated carbocycles. The largest absolute Gasteiger partial charge is 0.386 e. The smallest absolute Gasteiger partial charge is 0.189 e. The van der Waals surface area contributed by atoms with Gasteiger partial charge in [0.25, 0.3) is 0 Å². The van der Waals surface area contributed by atoms with Gasteiger partial charge in [-0.2, -0.15) is 0 Å². The molecule has 1 heterocycles. The Labute approximate surface area is 58.3 Å². The Morgan fingerprint density at radius 1 is 1.70 bits per heavy atom. The highest BCUT2D eigenvalue weighted by atomic mass is 16.6. The van der Waals surface area contributed by atoms with Gasteiger partial charge in [-0.05, 0) is 18.6 Å². The number of ketones is 1. The second kappa shape index (κ2) is 1.68. The summed E-state index contributed by atoms with van der Waals surface area (Å²) in [7, 11) is 0. The summed E-state index contributed by atoms with van der Waals surface area (Å²) < 4.78 is 4.92. The summed E-state index contributed by atoms with van der Waals surface area (Å²) in [6, 6.07) is 0. The van der Waals surface area contributed by atoms with Crippen molar-refractivity contribution in [3.8, 4) is 0 Å². The van der Waals surface area contributed by atoms with E-state index in [0.717, 1.165) is 0 Å². The molecule has 0 amide bonds. The van der Waals surface area contributed by atoms with Gasteiger partial charge < -0.3 is 9.84 Å². The topological polar surface area (TPSA) is 49.8 Å². The number of ether oxygens (including phenoxy) is 1. The summed E-state index contributed by atoms with van der Waals surface area (Å²) in [5.74, 6) is 0.0234. The zero-order chi connectivity index (χ0) is 7.30. The Hall–Kier alpha value is -0.670. The van der Waals surface area contributed by atoms with Crippen LogP contribution in [0.2, 0.25) is 0 Å². The lowest BCUT2D eigenvalue weighted by Gasteiger charge is -2.07. The first kappa shape index (κ1) is 6.07. The number of rotatable bonds is 0. The van der Waals surface area contributed by atoms with E-state index in [0.29, 0.717) is 5.57 Å². The maximum atomic E-state index is 11.0. The van der Waals surface area contributed by atoms with Crippen LogP contribution in [-0.2, 0) is 9.53 Å². The van der Waals surface area contributed by atoms with E-state index in [9.17, 15) is 4.79 Å². The van der Waals surface area contributed by atoms with Crippen molar-refractivity contribution in [2.75, 3.05) is 0 Å². The van der Waals surface area contributed by atoms with Crippen LogP contribution in [0.25, 0.3) is 0 Å². The number of aliphatic hydroxyl groups excluding tert-OH is 1. The molecule has 1 aliphatic carbocycles. The van der Waals surface area contributed by atoms with E-state index >= 15 is 0 Å².